The number of nitrogens with zero attached hydrogens (tertiary/aromatic N) is 1. The van der Waals surface area contributed by atoms with Crippen LogP contribution in [0.4, 0.5) is 5.00 Å². The number of thiophene rings is 1. The Morgan fingerprint density at radius 3 is 2.94 bits per heavy atom. The highest BCUT2D eigenvalue weighted by molar-refractivity contribution is 7.16. The number of hydrogen-bond acceptors (Lipinski definition) is 4. The third kappa shape index (κ3) is 4.12. The molecule has 0 radical (unpaired) electrons. The van der Waals surface area contributed by atoms with Crippen LogP contribution in [0.25, 0.3) is 6.08 Å². The fraction of sp³-hybridized carbons (Fsp3) is 0.455. The van der Waals surface area contributed by atoms with E-state index < -0.39 is 0 Å². The van der Waals surface area contributed by atoms with Crippen molar-refractivity contribution in [3.05, 3.63) is 32.7 Å². The summed E-state index contributed by atoms with van der Waals surface area (Å²) < 4.78 is 0. The van der Waals surface area contributed by atoms with Gasteiger partial charge >= 0.3 is 5.00 Å². The van der Waals surface area contributed by atoms with Crippen molar-refractivity contribution in [1.29, 1.82) is 0 Å². The zero-order valence-corrected chi connectivity index (χ0v) is 10.3. The first-order valence-corrected chi connectivity index (χ1v) is 6.07. The van der Waals surface area contributed by atoms with Crippen molar-refractivity contribution >= 4 is 22.4 Å². The van der Waals surface area contributed by atoms with Crippen molar-refractivity contribution in [2.24, 2.45) is 0 Å². The van der Waals surface area contributed by atoms with Crippen molar-refractivity contribution in [3.8, 4) is 0 Å². The van der Waals surface area contributed by atoms with Gasteiger partial charge in [0.2, 0.25) is 0 Å². The molecule has 0 aliphatic rings. The first-order valence-electron chi connectivity index (χ1n) is 5.25. The van der Waals surface area contributed by atoms with Crippen LogP contribution >= 0.6 is 11.3 Å². The van der Waals surface area contributed by atoms with Crippen LogP contribution in [0.2, 0.25) is 0 Å². The molecule has 0 atom stereocenters. The van der Waals surface area contributed by atoms with Crippen LogP contribution < -0.4 is 5.32 Å². The highest BCUT2D eigenvalue weighted by atomic mass is 32.1. The van der Waals surface area contributed by atoms with E-state index in [1.54, 1.807) is 12.1 Å². The summed E-state index contributed by atoms with van der Waals surface area (Å²) >= 11 is 1.21. The molecule has 1 rings (SSSR count). The van der Waals surface area contributed by atoms with E-state index in [9.17, 15) is 10.1 Å². The van der Waals surface area contributed by atoms with Crippen LogP contribution in [0.5, 0.6) is 0 Å². The summed E-state index contributed by atoms with van der Waals surface area (Å²) in [7, 11) is 0. The summed E-state index contributed by atoms with van der Waals surface area (Å²) in [6.07, 6.45) is 3.10. The highest BCUT2D eigenvalue weighted by Crippen LogP contribution is 2.25. The second-order valence-corrected chi connectivity index (χ2v) is 4.69. The molecule has 0 aromatic carbocycles. The molecule has 0 fully saturated rings. The Bertz CT molecular complexity index is 385. The molecular weight excluding hydrogens is 224 g/mol. The maximum Gasteiger partial charge on any atom is 0.324 e. The second-order valence-electron chi connectivity index (χ2n) is 3.60. The highest BCUT2D eigenvalue weighted by Gasteiger charge is 2.07. The van der Waals surface area contributed by atoms with Crippen LogP contribution in [0, 0.1) is 10.1 Å². The van der Waals surface area contributed by atoms with Crippen molar-refractivity contribution < 1.29 is 4.92 Å². The molecule has 0 spiro atoms. The molecule has 1 heterocycles. The van der Waals surface area contributed by atoms with Gasteiger partial charge < -0.3 is 5.32 Å². The Labute approximate surface area is 99.1 Å². The lowest BCUT2D eigenvalue weighted by Gasteiger charge is -2.01. The molecule has 0 aliphatic carbocycles. The van der Waals surface area contributed by atoms with Gasteiger partial charge in [0.25, 0.3) is 0 Å². The van der Waals surface area contributed by atoms with Crippen LogP contribution in [0.3, 0.4) is 0 Å². The monoisotopic (exact) mass is 240 g/mol. The van der Waals surface area contributed by atoms with Crippen molar-refractivity contribution in [3.63, 3.8) is 0 Å². The van der Waals surface area contributed by atoms with Gasteiger partial charge in [-0.3, -0.25) is 10.1 Å². The Balaban J connectivity index is 2.56. The molecule has 88 valence electrons. The average Bonchev–Trinajstić information content (AvgIpc) is 2.66. The molecule has 1 N–H and O–H groups in total. The standard InChI is InChI=1S/C11H16N2O2S/c1-3-6-12-8-9(2)7-10-4-5-11(16-10)13(14)15/h4-5,7,12H,3,6,8H2,1-2H3/b9-7+. The van der Waals surface area contributed by atoms with Crippen molar-refractivity contribution in [2.45, 2.75) is 20.3 Å². The van der Waals surface area contributed by atoms with E-state index in [0.29, 0.717) is 0 Å². The fourth-order valence-electron chi connectivity index (χ4n) is 1.27. The molecule has 0 aliphatic heterocycles. The Kier molecular flexibility index (Phi) is 5.14. The quantitative estimate of drug-likeness (QED) is 0.472. The van der Waals surface area contributed by atoms with Gasteiger partial charge in [0.1, 0.15) is 0 Å². The molecular formula is C11H16N2O2S. The van der Waals surface area contributed by atoms with E-state index in [2.05, 4.69) is 12.2 Å². The second kappa shape index (κ2) is 6.40. The van der Waals surface area contributed by atoms with Crippen molar-refractivity contribution in [2.75, 3.05) is 13.1 Å². The maximum atomic E-state index is 10.5. The van der Waals surface area contributed by atoms with Crippen LogP contribution in [-0.2, 0) is 0 Å². The van der Waals surface area contributed by atoms with Gasteiger partial charge in [0, 0.05) is 17.5 Å². The van der Waals surface area contributed by atoms with Gasteiger partial charge in [0.05, 0.1) is 4.92 Å². The van der Waals surface area contributed by atoms with Gasteiger partial charge in [0.15, 0.2) is 0 Å². The normalized spacial score (nSPS) is 11.8. The van der Waals surface area contributed by atoms with E-state index >= 15 is 0 Å². The molecule has 0 amide bonds. The fourth-order valence-corrected chi connectivity index (χ4v) is 2.12. The number of nitro groups is 1. The van der Waals surface area contributed by atoms with E-state index in [0.717, 1.165) is 24.4 Å². The van der Waals surface area contributed by atoms with E-state index in [1.165, 1.54) is 16.9 Å². The smallest absolute Gasteiger partial charge is 0.313 e. The summed E-state index contributed by atoms with van der Waals surface area (Å²) in [5.41, 5.74) is 1.19. The Hall–Kier alpha value is -1.20. The summed E-state index contributed by atoms with van der Waals surface area (Å²) in [5.74, 6) is 0. The first-order chi connectivity index (χ1) is 7.63. The third-order valence-corrected chi connectivity index (χ3v) is 3.00. The molecule has 0 unspecified atom stereocenters. The predicted octanol–water partition coefficient (Wildman–Crippen LogP) is 3.06. The Morgan fingerprint density at radius 1 is 1.62 bits per heavy atom. The average molecular weight is 240 g/mol. The van der Waals surface area contributed by atoms with Gasteiger partial charge in [-0.15, -0.1) is 0 Å². The van der Waals surface area contributed by atoms with Crippen LogP contribution in [0.15, 0.2) is 17.7 Å². The number of rotatable bonds is 6. The van der Waals surface area contributed by atoms with E-state index in [1.807, 2.05) is 13.0 Å². The summed E-state index contributed by atoms with van der Waals surface area (Å²) in [4.78, 5) is 11.1. The minimum absolute atomic E-state index is 0.195. The minimum Gasteiger partial charge on any atom is -0.313 e. The summed E-state index contributed by atoms with van der Waals surface area (Å²) in [6, 6.07) is 3.33. The van der Waals surface area contributed by atoms with Crippen LogP contribution in [0.1, 0.15) is 25.1 Å². The van der Waals surface area contributed by atoms with E-state index in [-0.39, 0.29) is 9.92 Å². The third-order valence-electron chi connectivity index (χ3n) is 2.01. The predicted molar refractivity (Wildman–Crippen MR) is 67.8 cm³/mol. The topological polar surface area (TPSA) is 55.2 Å². The summed E-state index contributed by atoms with van der Waals surface area (Å²) in [5, 5.41) is 14.0. The van der Waals surface area contributed by atoms with E-state index in [4.69, 9.17) is 0 Å². The molecule has 1 aromatic rings. The zero-order valence-electron chi connectivity index (χ0n) is 9.53. The van der Waals surface area contributed by atoms with Crippen LogP contribution in [-0.4, -0.2) is 18.0 Å². The summed E-state index contributed by atoms with van der Waals surface area (Å²) in [6.45, 7) is 5.97. The lowest BCUT2D eigenvalue weighted by atomic mass is 10.2. The zero-order chi connectivity index (χ0) is 12.0. The molecule has 1 aromatic heterocycles. The number of nitrogens with one attached hydrogen (secondary N) is 1. The molecule has 0 saturated carbocycles. The minimum atomic E-state index is -0.354. The first kappa shape index (κ1) is 12.9. The lowest BCUT2D eigenvalue weighted by molar-refractivity contribution is -0.380. The SMILES string of the molecule is CCCNC/C(C)=C/c1ccc([N+](=O)[O-])s1. The Morgan fingerprint density at radius 2 is 2.38 bits per heavy atom. The molecule has 5 heteroatoms. The molecule has 0 saturated heterocycles. The number of hydrogen-bond donors (Lipinski definition) is 1. The van der Waals surface area contributed by atoms with Gasteiger partial charge in [-0.2, -0.15) is 0 Å². The van der Waals surface area contributed by atoms with Gasteiger partial charge in [-0.1, -0.05) is 23.8 Å². The maximum absolute atomic E-state index is 10.5. The van der Waals surface area contributed by atoms with Gasteiger partial charge in [-0.25, -0.2) is 0 Å². The molecule has 16 heavy (non-hydrogen) atoms. The van der Waals surface area contributed by atoms with Crippen molar-refractivity contribution in [1.82, 2.24) is 5.32 Å². The van der Waals surface area contributed by atoms with Gasteiger partial charge in [-0.05, 0) is 32.0 Å². The molecule has 0 bridgehead atoms. The largest absolute Gasteiger partial charge is 0.324 e. The molecule has 4 nitrogen and oxygen atoms in total. The lowest BCUT2D eigenvalue weighted by Crippen LogP contribution is -2.16.